The summed E-state index contributed by atoms with van der Waals surface area (Å²) in [7, 11) is 1.52. The topological polar surface area (TPSA) is 95.2 Å². The standard InChI is InChI=1S/C20H22N4O3/c1-13(25)23-15-7-8-19(27-2)18(11-15)24-20(26)21-10-9-14-12-22-17-6-4-3-5-16(14)17/h3-8,11-12,22H,9-10H2,1-2H3,(H,23,25)(H2,21,24,26). The number of ether oxygens (including phenoxy) is 1. The van der Waals surface area contributed by atoms with Gasteiger partial charge in [0.2, 0.25) is 5.91 Å². The maximum atomic E-state index is 12.2. The summed E-state index contributed by atoms with van der Waals surface area (Å²) in [5, 5.41) is 9.43. The molecule has 0 atom stereocenters. The average Bonchev–Trinajstić information content (AvgIpc) is 3.05. The second kappa shape index (κ2) is 8.27. The average molecular weight is 366 g/mol. The molecule has 1 aromatic heterocycles. The van der Waals surface area contributed by atoms with Crippen molar-refractivity contribution in [2.24, 2.45) is 0 Å². The summed E-state index contributed by atoms with van der Waals surface area (Å²) in [5.74, 6) is 0.324. The van der Waals surface area contributed by atoms with Crippen LogP contribution in [-0.2, 0) is 11.2 Å². The molecule has 1 heterocycles. The SMILES string of the molecule is COc1ccc(NC(C)=O)cc1NC(=O)NCCc1c[nH]c2ccccc12. The highest BCUT2D eigenvalue weighted by molar-refractivity contribution is 5.94. The van der Waals surface area contributed by atoms with E-state index < -0.39 is 0 Å². The Kier molecular flexibility index (Phi) is 5.61. The van der Waals surface area contributed by atoms with E-state index in [0.717, 1.165) is 16.5 Å². The van der Waals surface area contributed by atoms with Crippen molar-refractivity contribution in [3.63, 3.8) is 0 Å². The number of H-pyrrole nitrogens is 1. The second-order valence-corrected chi connectivity index (χ2v) is 6.09. The van der Waals surface area contributed by atoms with Gasteiger partial charge in [0.05, 0.1) is 12.8 Å². The number of aromatic nitrogens is 1. The lowest BCUT2D eigenvalue weighted by Gasteiger charge is -2.13. The van der Waals surface area contributed by atoms with Crippen LogP contribution in [0.4, 0.5) is 16.2 Å². The lowest BCUT2D eigenvalue weighted by molar-refractivity contribution is -0.114. The number of benzene rings is 2. The molecule has 0 spiro atoms. The van der Waals surface area contributed by atoms with Gasteiger partial charge in [0.25, 0.3) is 0 Å². The predicted octanol–water partition coefficient (Wildman–Crippen LogP) is 3.50. The Balaban J connectivity index is 1.59. The normalized spacial score (nSPS) is 10.4. The predicted molar refractivity (Wildman–Crippen MR) is 106 cm³/mol. The van der Waals surface area contributed by atoms with Crippen molar-refractivity contribution in [2.45, 2.75) is 13.3 Å². The maximum Gasteiger partial charge on any atom is 0.319 e. The highest BCUT2D eigenvalue weighted by atomic mass is 16.5. The molecular formula is C20H22N4O3. The van der Waals surface area contributed by atoms with E-state index in [1.165, 1.54) is 14.0 Å². The summed E-state index contributed by atoms with van der Waals surface area (Å²) in [6.45, 7) is 1.91. The minimum Gasteiger partial charge on any atom is -0.495 e. The molecular weight excluding hydrogens is 344 g/mol. The fourth-order valence-corrected chi connectivity index (χ4v) is 2.90. The third-order valence-corrected chi connectivity index (χ3v) is 4.12. The lowest BCUT2D eigenvalue weighted by Crippen LogP contribution is -2.30. The van der Waals surface area contributed by atoms with Crippen molar-refractivity contribution < 1.29 is 14.3 Å². The van der Waals surface area contributed by atoms with Crippen LogP contribution in [0, 0.1) is 0 Å². The van der Waals surface area contributed by atoms with E-state index in [1.54, 1.807) is 18.2 Å². The van der Waals surface area contributed by atoms with Gasteiger partial charge in [-0.1, -0.05) is 18.2 Å². The van der Waals surface area contributed by atoms with Gasteiger partial charge in [0.1, 0.15) is 5.75 Å². The molecule has 3 aromatic rings. The van der Waals surface area contributed by atoms with E-state index in [0.29, 0.717) is 30.1 Å². The Labute approximate surface area is 157 Å². The third kappa shape index (κ3) is 4.58. The maximum absolute atomic E-state index is 12.2. The van der Waals surface area contributed by atoms with Gasteiger partial charge in [-0.05, 0) is 36.2 Å². The van der Waals surface area contributed by atoms with Gasteiger partial charge >= 0.3 is 6.03 Å². The van der Waals surface area contributed by atoms with Crippen LogP contribution in [0.15, 0.2) is 48.7 Å². The Morgan fingerprint density at radius 2 is 1.93 bits per heavy atom. The van der Waals surface area contributed by atoms with Gasteiger partial charge in [-0.2, -0.15) is 0 Å². The van der Waals surface area contributed by atoms with Gasteiger partial charge in [-0.3, -0.25) is 4.79 Å². The van der Waals surface area contributed by atoms with Gasteiger partial charge in [-0.25, -0.2) is 4.79 Å². The molecule has 0 saturated heterocycles. The van der Waals surface area contributed by atoms with Gasteiger partial charge in [0.15, 0.2) is 0 Å². The van der Waals surface area contributed by atoms with Crippen molar-refractivity contribution >= 4 is 34.2 Å². The monoisotopic (exact) mass is 366 g/mol. The number of nitrogens with one attached hydrogen (secondary N) is 4. The molecule has 140 valence electrons. The van der Waals surface area contributed by atoms with E-state index >= 15 is 0 Å². The highest BCUT2D eigenvalue weighted by Crippen LogP contribution is 2.27. The van der Waals surface area contributed by atoms with Crippen molar-refractivity contribution in [2.75, 3.05) is 24.3 Å². The molecule has 0 unspecified atom stereocenters. The van der Waals surface area contributed by atoms with E-state index in [1.807, 2.05) is 24.4 Å². The van der Waals surface area contributed by atoms with Crippen molar-refractivity contribution in [1.82, 2.24) is 10.3 Å². The molecule has 0 radical (unpaired) electrons. The van der Waals surface area contributed by atoms with E-state index in [9.17, 15) is 9.59 Å². The second-order valence-electron chi connectivity index (χ2n) is 6.09. The fraction of sp³-hybridized carbons (Fsp3) is 0.200. The molecule has 0 bridgehead atoms. The number of carbonyl (C=O) groups is 2. The largest absolute Gasteiger partial charge is 0.495 e. The van der Waals surface area contributed by atoms with Crippen molar-refractivity contribution in [3.05, 3.63) is 54.2 Å². The number of aromatic amines is 1. The molecule has 0 aliphatic heterocycles. The number of urea groups is 1. The number of carbonyl (C=O) groups excluding carboxylic acids is 2. The number of amides is 3. The first-order valence-corrected chi connectivity index (χ1v) is 8.62. The summed E-state index contributed by atoms with van der Waals surface area (Å²) in [5.41, 5.74) is 3.29. The number of hydrogen-bond donors (Lipinski definition) is 4. The number of hydrogen-bond acceptors (Lipinski definition) is 3. The molecule has 0 fully saturated rings. The van der Waals surface area contributed by atoms with Crippen LogP contribution in [0.25, 0.3) is 10.9 Å². The first kappa shape index (κ1) is 18.3. The Morgan fingerprint density at radius 1 is 1.11 bits per heavy atom. The Hall–Kier alpha value is -3.48. The molecule has 3 amide bonds. The van der Waals surface area contributed by atoms with Crippen molar-refractivity contribution in [1.29, 1.82) is 0 Å². The summed E-state index contributed by atoms with van der Waals surface area (Å²) in [6.07, 6.45) is 2.67. The zero-order valence-corrected chi connectivity index (χ0v) is 15.3. The zero-order valence-electron chi connectivity index (χ0n) is 15.3. The molecule has 0 aliphatic rings. The Bertz CT molecular complexity index is 965. The summed E-state index contributed by atoms with van der Waals surface area (Å²) in [4.78, 5) is 26.7. The smallest absolute Gasteiger partial charge is 0.319 e. The van der Waals surface area contributed by atoms with Crippen LogP contribution in [0.1, 0.15) is 12.5 Å². The lowest BCUT2D eigenvalue weighted by atomic mass is 10.1. The summed E-state index contributed by atoms with van der Waals surface area (Å²) < 4.78 is 5.26. The quantitative estimate of drug-likeness (QED) is 0.538. The summed E-state index contributed by atoms with van der Waals surface area (Å²) >= 11 is 0. The van der Waals surface area contributed by atoms with Crippen LogP contribution < -0.4 is 20.7 Å². The van der Waals surface area contributed by atoms with Gasteiger partial charge in [0, 0.05) is 36.3 Å². The number of methoxy groups -OCH3 is 1. The fourth-order valence-electron chi connectivity index (χ4n) is 2.90. The molecule has 0 saturated carbocycles. The zero-order chi connectivity index (χ0) is 19.2. The number of anilines is 2. The van der Waals surface area contributed by atoms with Crippen LogP contribution in [-0.4, -0.2) is 30.6 Å². The van der Waals surface area contributed by atoms with Gasteiger partial charge < -0.3 is 25.7 Å². The highest BCUT2D eigenvalue weighted by Gasteiger charge is 2.10. The first-order chi connectivity index (χ1) is 13.1. The molecule has 0 aliphatic carbocycles. The molecule has 3 rings (SSSR count). The summed E-state index contributed by atoms with van der Waals surface area (Å²) in [6, 6.07) is 12.8. The van der Waals surface area contributed by atoms with E-state index in [-0.39, 0.29) is 11.9 Å². The first-order valence-electron chi connectivity index (χ1n) is 8.62. The molecule has 4 N–H and O–H groups in total. The number of rotatable bonds is 6. The van der Waals surface area contributed by atoms with Gasteiger partial charge in [-0.15, -0.1) is 0 Å². The molecule has 27 heavy (non-hydrogen) atoms. The minimum absolute atomic E-state index is 0.186. The van der Waals surface area contributed by atoms with Crippen LogP contribution >= 0.6 is 0 Å². The van der Waals surface area contributed by atoms with Crippen LogP contribution in [0.3, 0.4) is 0 Å². The van der Waals surface area contributed by atoms with Crippen molar-refractivity contribution in [3.8, 4) is 5.75 Å². The molecule has 7 heteroatoms. The Morgan fingerprint density at radius 3 is 2.70 bits per heavy atom. The third-order valence-electron chi connectivity index (χ3n) is 4.12. The molecule has 7 nitrogen and oxygen atoms in total. The van der Waals surface area contributed by atoms with Crippen LogP contribution in [0.2, 0.25) is 0 Å². The van der Waals surface area contributed by atoms with E-state index in [4.69, 9.17) is 4.74 Å². The van der Waals surface area contributed by atoms with E-state index in [2.05, 4.69) is 27.0 Å². The molecule has 2 aromatic carbocycles. The minimum atomic E-state index is -0.340. The van der Waals surface area contributed by atoms with Crippen LogP contribution in [0.5, 0.6) is 5.75 Å². The number of fused-ring (bicyclic) bond motifs is 1. The number of para-hydroxylation sites is 1.